The van der Waals surface area contributed by atoms with E-state index in [1.165, 1.54) is 0 Å². The zero-order chi connectivity index (χ0) is 7.02. The third-order valence-electron chi connectivity index (χ3n) is 2.32. The van der Waals surface area contributed by atoms with Crippen LogP contribution in [0.3, 0.4) is 0 Å². The first-order valence-electron chi connectivity index (χ1n) is 3.54. The number of nitrogens with two attached hydrogens (primary N) is 1. The molecule has 4 atom stereocenters. The molecule has 0 aliphatic carbocycles. The molecule has 1 fully saturated rings. The molecule has 1 heterocycles. The largest absolute Gasteiger partial charge is 0.374 e. The molecule has 0 radical (unpaired) electrons. The molecule has 54 valence electrons. The minimum Gasteiger partial charge on any atom is -0.374 e. The van der Waals surface area contributed by atoms with Crippen LogP contribution in [0, 0.1) is 5.92 Å². The van der Waals surface area contributed by atoms with E-state index in [-0.39, 0.29) is 12.1 Å². The minimum atomic E-state index is 0.236. The third kappa shape index (κ3) is 1.10. The van der Waals surface area contributed by atoms with E-state index in [1.54, 1.807) is 0 Å². The molecular weight excluding hydrogens is 114 g/mol. The maximum absolute atomic E-state index is 5.79. The van der Waals surface area contributed by atoms with Gasteiger partial charge in [-0.25, -0.2) is 0 Å². The lowest BCUT2D eigenvalue weighted by molar-refractivity contribution is 0.0559. The molecule has 0 amide bonds. The number of hydrogen-bond donors (Lipinski definition) is 1. The van der Waals surface area contributed by atoms with Crippen LogP contribution in [-0.2, 0) is 4.74 Å². The summed E-state index contributed by atoms with van der Waals surface area (Å²) >= 11 is 0. The standard InChI is InChI=1S/C7H15NO/c1-4-5(2)9-6(3)7(4)8/h4-7H,8H2,1-3H3/t4-,5+,6-,7+/m1/s1. The fourth-order valence-electron chi connectivity index (χ4n) is 1.29. The van der Waals surface area contributed by atoms with Crippen molar-refractivity contribution >= 4 is 0 Å². The molecular formula is C7H15NO. The van der Waals surface area contributed by atoms with Gasteiger partial charge in [-0.2, -0.15) is 0 Å². The van der Waals surface area contributed by atoms with Crippen molar-refractivity contribution < 1.29 is 4.74 Å². The van der Waals surface area contributed by atoms with Gasteiger partial charge in [-0.05, 0) is 19.8 Å². The lowest BCUT2D eigenvalue weighted by atomic mass is 9.98. The van der Waals surface area contributed by atoms with Crippen LogP contribution in [0.2, 0.25) is 0 Å². The maximum Gasteiger partial charge on any atom is 0.0705 e. The van der Waals surface area contributed by atoms with Gasteiger partial charge in [0.2, 0.25) is 0 Å². The third-order valence-corrected chi connectivity index (χ3v) is 2.32. The fraction of sp³-hybridized carbons (Fsp3) is 1.00. The van der Waals surface area contributed by atoms with E-state index >= 15 is 0 Å². The van der Waals surface area contributed by atoms with E-state index < -0.39 is 0 Å². The number of rotatable bonds is 0. The highest BCUT2D eigenvalue weighted by atomic mass is 16.5. The highest BCUT2D eigenvalue weighted by Gasteiger charge is 2.33. The first-order valence-corrected chi connectivity index (χ1v) is 3.54. The highest BCUT2D eigenvalue weighted by molar-refractivity contribution is 4.86. The van der Waals surface area contributed by atoms with Gasteiger partial charge >= 0.3 is 0 Å². The molecule has 2 nitrogen and oxygen atoms in total. The average Bonchev–Trinajstić information content (AvgIpc) is 1.98. The second-order valence-electron chi connectivity index (χ2n) is 2.98. The summed E-state index contributed by atoms with van der Waals surface area (Å²) in [5.41, 5.74) is 5.79. The molecule has 0 bridgehead atoms. The van der Waals surface area contributed by atoms with E-state index in [4.69, 9.17) is 10.5 Å². The zero-order valence-corrected chi connectivity index (χ0v) is 6.29. The van der Waals surface area contributed by atoms with Crippen molar-refractivity contribution in [3.05, 3.63) is 0 Å². The Kier molecular flexibility index (Phi) is 1.78. The molecule has 9 heavy (non-hydrogen) atoms. The van der Waals surface area contributed by atoms with Gasteiger partial charge in [-0.15, -0.1) is 0 Å². The summed E-state index contributed by atoms with van der Waals surface area (Å²) in [6, 6.07) is 0.236. The van der Waals surface area contributed by atoms with Gasteiger partial charge in [0, 0.05) is 6.04 Å². The van der Waals surface area contributed by atoms with E-state index in [9.17, 15) is 0 Å². The van der Waals surface area contributed by atoms with Gasteiger partial charge in [0.15, 0.2) is 0 Å². The van der Waals surface area contributed by atoms with Crippen molar-refractivity contribution in [2.45, 2.75) is 39.0 Å². The summed E-state index contributed by atoms with van der Waals surface area (Å²) in [6.07, 6.45) is 0.588. The van der Waals surface area contributed by atoms with Crippen molar-refractivity contribution in [1.29, 1.82) is 0 Å². The quantitative estimate of drug-likeness (QED) is 0.524. The monoisotopic (exact) mass is 129 g/mol. The highest BCUT2D eigenvalue weighted by Crippen LogP contribution is 2.23. The van der Waals surface area contributed by atoms with Crippen molar-refractivity contribution in [3.8, 4) is 0 Å². The molecule has 0 unspecified atom stereocenters. The lowest BCUT2D eigenvalue weighted by Gasteiger charge is -2.10. The van der Waals surface area contributed by atoms with E-state index in [0.29, 0.717) is 12.0 Å². The molecule has 2 heteroatoms. The Hall–Kier alpha value is -0.0800. The van der Waals surface area contributed by atoms with Crippen LogP contribution in [0.25, 0.3) is 0 Å². The van der Waals surface area contributed by atoms with Gasteiger partial charge in [0.1, 0.15) is 0 Å². The van der Waals surface area contributed by atoms with Crippen LogP contribution >= 0.6 is 0 Å². The number of hydrogen-bond acceptors (Lipinski definition) is 2. The zero-order valence-electron chi connectivity index (χ0n) is 6.29. The Morgan fingerprint density at radius 1 is 1.11 bits per heavy atom. The Morgan fingerprint density at radius 3 is 1.78 bits per heavy atom. The minimum absolute atomic E-state index is 0.236. The predicted molar refractivity (Wildman–Crippen MR) is 37.1 cm³/mol. The summed E-state index contributed by atoms with van der Waals surface area (Å²) in [4.78, 5) is 0. The SMILES string of the molecule is C[C@H]1[C@H](N)[C@@H](C)O[C@H]1C. The smallest absolute Gasteiger partial charge is 0.0705 e. The van der Waals surface area contributed by atoms with Crippen LogP contribution in [-0.4, -0.2) is 18.2 Å². The second-order valence-corrected chi connectivity index (χ2v) is 2.98. The summed E-state index contributed by atoms with van der Waals surface area (Å²) in [5.74, 6) is 0.514. The molecule has 1 aliphatic heterocycles. The van der Waals surface area contributed by atoms with E-state index in [0.717, 1.165) is 0 Å². The van der Waals surface area contributed by atoms with Crippen LogP contribution in [0.1, 0.15) is 20.8 Å². The predicted octanol–water partition coefficient (Wildman–Crippen LogP) is 0.757. The van der Waals surface area contributed by atoms with Gasteiger partial charge in [-0.1, -0.05) is 6.92 Å². The molecule has 1 saturated heterocycles. The summed E-state index contributed by atoms with van der Waals surface area (Å²) in [5, 5.41) is 0. The Morgan fingerprint density at radius 2 is 1.67 bits per heavy atom. The molecule has 2 N–H and O–H groups in total. The van der Waals surface area contributed by atoms with Crippen molar-refractivity contribution in [1.82, 2.24) is 0 Å². The summed E-state index contributed by atoms with van der Waals surface area (Å²) in [6.45, 7) is 6.25. The first kappa shape index (κ1) is 7.03. The van der Waals surface area contributed by atoms with Gasteiger partial charge in [0.05, 0.1) is 12.2 Å². The van der Waals surface area contributed by atoms with E-state index in [1.807, 2.05) is 6.92 Å². The van der Waals surface area contributed by atoms with Gasteiger partial charge in [-0.3, -0.25) is 0 Å². The summed E-state index contributed by atoms with van der Waals surface area (Å²) in [7, 11) is 0. The lowest BCUT2D eigenvalue weighted by Crippen LogP contribution is -2.32. The molecule has 0 spiro atoms. The maximum atomic E-state index is 5.79. The molecule has 1 aliphatic rings. The molecule has 0 aromatic rings. The first-order chi connectivity index (χ1) is 4.13. The van der Waals surface area contributed by atoms with Gasteiger partial charge < -0.3 is 10.5 Å². The average molecular weight is 129 g/mol. The Balaban J connectivity index is 2.54. The van der Waals surface area contributed by atoms with Crippen molar-refractivity contribution in [3.63, 3.8) is 0 Å². The van der Waals surface area contributed by atoms with E-state index in [2.05, 4.69) is 13.8 Å². The Bertz CT molecular complexity index is 93.1. The topological polar surface area (TPSA) is 35.2 Å². The normalized spacial score (nSPS) is 52.0. The molecule has 0 aromatic carbocycles. The second kappa shape index (κ2) is 2.27. The fourth-order valence-corrected chi connectivity index (χ4v) is 1.29. The molecule has 0 aromatic heterocycles. The van der Waals surface area contributed by atoms with Crippen LogP contribution in [0.5, 0.6) is 0 Å². The number of ether oxygens (including phenoxy) is 1. The van der Waals surface area contributed by atoms with Crippen LogP contribution < -0.4 is 5.73 Å². The van der Waals surface area contributed by atoms with Crippen LogP contribution in [0.4, 0.5) is 0 Å². The Labute approximate surface area is 56.4 Å². The van der Waals surface area contributed by atoms with Crippen molar-refractivity contribution in [2.24, 2.45) is 11.7 Å². The van der Waals surface area contributed by atoms with Gasteiger partial charge in [0.25, 0.3) is 0 Å². The van der Waals surface area contributed by atoms with Crippen LogP contribution in [0.15, 0.2) is 0 Å². The summed E-state index contributed by atoms with van der Waals surface area (Å²) < 4.78 is 5.46. The van der Waals surface area contributed by atoms with Crippen molar-refractivity contribution in [2.75, 3.05) is 0 Å². The molecule has 0 saturated carbocycles. The molecule has 1 rings (SSSR count).